The van der Waals surface area contributed by atoms with Gasteiger partial charge in [0.05, 0.1) is 13.2 Å². The standard InChI is InChI=1S/C22H29N5O3/c1-17-4-3-5-19(21(17)25-12-14-30-15-13-25)16-24-8-10-26(11-9-24)22(29)27-7-6-20(23-27)18(2)28/h3-7H,8-16H2,1-2H3. The Morgan fingerprint density at radius 2 is 1.77 bits per heavy atom. The molecule has 2 saturated heterocycles. The molecule has 2 fully saturated rings. The summed E-state index contributed by atoms with van der Waals surface area (Å²) in [5.41, 5.74) is 4.27. The number of anilines is 1. The summed E-state index contributed by atoms with van der Waals surface area (Å²) in [5.74, 6) is -0.138. The number of carbonyl (C=O) groups is 2. The molecule has 1 aromatic carbocycles. The van der Waals surface area contributed by atoms with Crippen LogP contribution in [0.15, 0.2) is 30.5 Å². The number of amides is 1. The van der Waals surface area contributed by atoms with Crippen molar-refractivity contribution in [2.75, 3.05) is 57.4 Å². The first-order valence-corrected chi connectivity index (χ1v) is 10.5. The summed E-state index contributed by atoms with van der Waals surface area (Å²) >= 11 is 0. The van der Waals surface area contributed by atoms with E-state index in [0.29, 0.717) is 18.8 Å². The van der Waals surface area contributed by atoms with Crippen LogP contribution in [0.2, 0.25) is 0 Å². The number of ether oxygens (including phenoxy) is 1. The molecule has 0 N–H and O–H groups in total. The lowest BCUT2D eigenvalue weighted by Gasteiger charge is -2.36. The number of hydrogen-bond acceptors (Lipinski definition) is 6. The summed E-state index contributed by atoms with van der Waals surface area (Å²) < 4.78 is 6.79. The first-order chi connectivity index (χ1) is 14.5. The van der Waals surface area contributed by atoms with Crippen LogP contribution in [0.3, 0.4) is 0 Å². The number of hydrogen-bond donors (Lipinski definition) is 0. The van der Waals surface area contributed by atoms with Crippen LogP contribution < -0.4 is 4.90 Å². The maximum Gasteiger partial charge on any atom is 0.344 e. The zero-order valence-electron chi connectivity index (χ0n) is 17.7. The summed E-state index contributed by atoms with van der Waals surface area (Å²) in [6.07, 6.45) is 1.56. The van der Waals surface area contributed by atoms with Gasteiger partial charge in [-0.3, -0.25) is 9.69 Å². The lowest BCUT2D eigenvalue weighted by Crippen LogP contribution is -2.49. The van der Waals surface area contributed by atoms with Gasteiger partial charge >= 0.3 is 6.03 Å². The summed E-state index contributed by atoms with van der Waals surface area (Å²) in [7, 11) is 0. The van der Waals surface area contributed by atoms with Gasteiger partial charge in [0.1, 0.15) is 5.69 Å². The number of piperazine rings is 1. The summed E-state index contributed by atoms with van der Waals surface area (Å²) in [4.78, 5) is 30.7. The van der Waals surface area contributed by atoms with Crippen LogP contribution in [0, 0.1) is 6.92 Å². The van der Waals surface area contributed by atoms with Crippen LogP contribution in [-0.4, -0.2) is 83.9 Å². The SMILES string of the molecule is CC(=O)c1ccn(C(=O)N2CCN(Cc3cccc(C)c3N3CCOCC3)CC2)n1. The van der Waals surface area contributed by atoms with E-state index in [1.165, 1.54) is 28.4 Å². The molecule has 30 heavy (non-hydrogen) atoms. The van der Waals surface area contributed by atoms with Crippen molar-refractivity contribution in [3.05, 3.63) is 47.3 Å². The van der Waals surface area contributed by atoms with E-state index in [2.05, 4.69) is 40.0 Å². The molecular weight excluding hydrogens is 382 g/mol. The predicted molar refractivity (Wildman–Crippen MR) is 114 cm³/mol. The number of benzene rings is 1. The molecule has 8 nitrogen and oxygen atoms in total. The van der Waals surface area contributed by atoms with E-state index < -0.39 is 0 Å². The Hall–Kier alpha value is -2.71. The van der Waals surface area contributed by atoms with Gasteiger partial charge in [0, 0.05) is 64.6 Å². The van der Waals surface area contributed by atoms with Gasteiger partial charge in [-0.25, -0.2) is 4.79 Å². The number of aryl methyl sites for hydroxylation is 1. The van der Waals surface area contributed by atoms with Crippen LogP contribution in [0.5, 0.6) is 0 Å². The highest BCUT2D eigenvalue weighted by Crippen LogP contribution is 2.27. The van der Waals surface area contributed by atoms with Crippen molar-refractivity contribution < 1.29 is 14.3 Å². The van der Waals surface area contributed by atoms with Gasteiger partial charge in [0.25, 0.3) is 0 Å². The molecule has 2 aromatic rings. The first-order valence-electron chi connectivity index (χ1n) is 10.5. The molecule has 4 rings (SSSR count). The third-order valence-corrected chi connectivity index (χ3v) is 5.83. The third kappa shape index (κ3) is 4.39. The smallest absolute Gasteiger partial charge is 0.344 e. The second-order valence-electron chi connectivity index (χ2n) is 7.93. The second kappa shape index (κ2) is 8.97. The predicted octanol–water partition coefficient (Wildman–Crippen LogP) is 2.02. The fraction of sp³-hybridized carbons (Fsp3) is 0.500. The summed E-state index contributed by atoms with van der Waals surface area (Å²) in [6, 6.07) is 7.92. The maximum atomic E-state index is 12.7. The van der Waals surface area contributed by atoms with E-state index in [1.54, 1.807) is 17.2 Å². The van der Waals surface area contributed by atoms with Crippen LogP contribution >= 0.6 is 0 Å². The number of Topliss-reactive ketones (excluding diaryl/α,β-unsaturated/α-hetero) is 1. The van der Waals surface area contributed by atoms with E-state index in [9.17, 15) is 9.59 Å². The second-order valence-corrected chi connectivity index (χ2v) is 7.93. The molecule has 0 radical (unpaired) electrons. The van der Waals surface area contributed by atoms with Gasteiger partial charge in [0.15, 0.2) is 5.78 Å². The van der Waals surface area contributed by atoms with E-state index in [-0.39, 0.29) is 11.8 Å². The fourth-order valence-electron chi connectivity index (χ4n) is 4.19. The lowest BCUT2D eigenvalue weighted by molar-refractivity contribution is 0.101. The average molecular weight is 412 g/mol. The van der Waals surface area contributed by atoms with Gasteiger partial charge in [0.2, 0.25) is 0 Å². The molecule has 160 valence electrons. The molecule has 2 aliphatic heterocycles. The number of nitrogens with zero attached hydrogens (tertiary/aromatic N) is 5. The zero-order chi connectivity index (χ0) is 21.1. The Morgan fingerprint density at radius 3 is 2.43 bits per heavy atom. The molecule has 0 bridgehead atoms. The minimum absolute atomic E-state index is 0.138. The minimum Gasteiger partial charge on any atom is -0.378 e. The van der Waals surface area contributed by atoms with Crippen molar-refractivity contribution in [2.24, 2.45) is 0 Å². The molecule has 0 aliphatic carbocycles. The monoisotopic (exact) mass is 411 g/mol. The van der Waals surface area contributed by atoms with Crippen molar-refractivity contribution in [1.29, 1.82) is 0 Å². The molecule has 0 unspecified atom stereocenters. The average Bonchev–Trinajstić information content (AvgIpc) is 3.25. The van der Waals surface area contributed by atoms with E-state index in [0.717, 1.165) is 45.9 Å². The fourth-order valence-corrected chi connectivity index (χ4v) is 4.19. The summed E-state index contributed by atoms with van der Waals surface area (Å²) in [5, 5.41) is 4.09. The van der Waals surface area contributed by atoms with Crippen LogP contribution in [0.4, 0.5) is 10.5 Å². The van der Waals surface area contributed by atoms with E-state index >= 15 is 0 Å². The molecule has 3 heterocycles. The van der Waals surface area contributed by atoms with Crippen molar-refractivity contribution in [3.8, 4) is 0 Å². The van der Waals surface area contributed by atoms with Crippen LogP contribution in [0.1, 0.15) is 28.5 Å². The van der Waals surface area contributed by atoms with Crippen LogP contribution in [0.25, 0.3) is 0 Å². The topological polar surface area (TPSA) is 70.9 Å². The van der Waals surface area contributed by atoms with Gasteiger partial charge in [-0.05, 0) is 24.1 Å². The number of carbonyl (C=O) groups excluding carboxylic acids is 2. The highest BCUT2D eigenvalue weighted by molar-refractivity contribution is 5.92. The van der Waals surface area contributed by atoms with Crippen LogP contribution in [-0.2, 0) is 11.3 Å². The molecule has 1 amide bonds. The normalized spacial score (nSPS) is 17.9. The zero-order valence-corrected chi connectivity index (χ0v) is 17.7. The Labute approximate surface area is 177 Å². The lowest BCUT2D eigenvalue weighted by atomic mass is 10.1. The third-order valence-electron chi connectivity index (χ3n) is 5.83. The van der Waals surface area contributed by atoms with E-state index in [4.69, 9.17) is 4.74 Å². The van der Waals surface area contributed by atoms with Gasteiger partial charge < -0.3 is 14.5 Å². The highest BCUT2D eigenvalue weighted by Gasteiger charge is 2.25. The Kier molecular flexibility index (Phi) is 6.15. The molecule has 8 heteroatoms. The Morgan fingerprint density at radius 1 is 1.03 bits per heavy atom. The van der Waals surface area contributed by atoms with Crippen molar-refractivity contribution >= 4 is 17.5 Å². The molecule has 2 aliphatic rings. The number of morpholine rings is 1. The maximum absolute atomic E-state index is 12.7. The Balaban J connectivity index is 1.38. The number of aromatic nitrogens is 2. The van der Waals surface area contributed by atoms with Crippen molar-refractivity contribution in [1.82, 2.24) is 19.6 Å². The number of para-hydroxylation sites is 1. The van der Waals surface area contributed by atoms with Crippen molar-refractivity contribution in [2.45, 2.75) is 20.4 Å². The Bertz CT molecular complexity index is 911. The minimum atomic E-state index is -0.174. The largest absolute Gasteiger partial charge is 0.378 e. The molecular formula is C22H29N5O3. The number of ketones is 1. The van der Waals surface area contributed by atoms with Crippen molar-refractivity contribution in [3.63, 3.8) is 0 Å². The van der Waals surface area contributed by atoms with Gasteiger partial charge in [-0.2, -0.15) is 9.78 Å². The summed E-state index contributed by atoms with van der Waals surface area (Å²) in [6.45, 7) is 10.8. The quantitative estimate of drug-likeness (QED) is 0.717. The highest BCUT2D eigenvalue weighted by atomic mass is 16.5. The van der Waals surface area contributed by atoms with Gasteiger partial charge in [-0.15, -0.1) is 0 Å². The number of rotatable bonds is 4. The molecule has 0 spiro atoms. The molecule has 1 aromatic heterocycles. The molecule has 0 saturated carbocycles. The molecule has 0 atom stereocenters. The van der Waals surface area contributed by atoms with Gasteiger partial charge in [-0.1, -0.05) is 18.2 Å². The van der Waals surface area contributed by atoms with E-state index in [1.807, 2.05) is 0 Å². The first kappa shape index (κ1) is 20.6.